The van der Waals surface area contributed by atoms with Crippen molar-refractivity contribution < 1.29 is 8.42 Å². The van der Waals surface area contributed by atoms with Gasteiger partial charge in [-0.3, -0.25) is 0 Å². The summed E-state index contributed by atoms with van der Waals surface area (Å²) in [6.07, 6.45) is 6.06. The van der Waals surface area contributed by atoms with E-state index in [1.165, 1.54) is 12.3 Å². The average molecular weight is 240 g/mol. The third-order valence-corrected chi connectivity index (χ3v) is 5.33. The molecule has 4 nitrogen and oxygen atoms in total. The second-order valence-corrected chi connectivity index (χ2v) is 6.45. The van der Waals surface area contributed by atoms with E-state index < -0.39 is 9.84 Å². The third-order valence-electron chi connectivity index (χ3n) is 3.08. The number of hydrogen-bond acceptors (Lipinski definition) is 4. The van der Waals surface area contributed by atoms with Crippen LogP contribution in [-0.2, 0) is 9.84 Å². The van der Waals surface area contributed by atoms with Gasteiger partial charge in [-0.05, 0) is 25.0 Å². The number of rotatable bonds is 2. The normalized spacial score (nSPS) is 18.5. The molecule has 0 bridgehead atoms. The van der Waals surface area contributed by atoms with Crippen LogP contribution in [0.5, 0.6) is 0 Å². The number of anilines is 1. The first-order chi connectivity index (χ1) is 7.60. The Bertz CT molecular complexity index is 447. The number of sulfone groups is 1. The van der Waals surface area contributed by atoms with Crippen LogP contribution in [0.25, 0.3) is 0 Å². The Morgan fingerprint density at radius 3 is 2.44 bits per heavy atom. The zero-order chi connectivity index (χ0) is 11.6. The van der Waals surface area contributed by atoms with E-state index in [1.54, 1.807) is 6.07 Å². The fraction of sp³-hybridized carbons (Fsp3) is 0.545. The molecule has 1 aromatic rings. The molecule has 0 aliphatic heterocycles. The molecule has 88 valence electrons. The summed E-state index contributed by atoms with van der Waals surface area (Å²) in [4.78, 5) is 4.14. The number of pyridine rings is 1. The molecule has 2 rings (SSSR count). The van der Waals surface area contributed by atoms with E-state index in [0.717, 1.165) is 32.1 Å². The van der Waals surface area contributed by atoms with Gasteiger partial charge in [-0.1, -0.05) is 19.3 Å². The molecular weight excluding hydrogens is 224 g/mol. The highest BCUT2D eigenvalue weighted by atomic mass is 32.2. The molecule has 1 saturated carbocycles. The van der Waals surface area contributed by atoms with Gasteiger partial charge in [-0.2, -0.15) is 0 Å². The lowest BCUT2D eigenvalue weighted by Crippen LogP contribution is -2.24. The molecule has 1 aliphatic carbocycles. The zero-order valence-electron chi connectivity index (χ0n) is 9.09. The lowest BCUT2D eigenvalue weighted by atomic mass is 10.0. The number of nitrogen functional groups attached to an aromatic ring is 1. The first-order valence-corrected chi connectivity index (χ1v) is 7.11. The minimum absolute atomic E-state index is 0.230. The van der Waals surface area contributed by atoms with E-state index in [9.17, 15) is 8.42 Å². The summed E-state index contributed by atoms with van der Waals surface area (Å²) in [5, 5.41) is -0.230. The molecule has 1 aliphatic rings. The summed E-state index contributed by atoms with van der Waals surface area (Å²) < 4.78 is 24.4. The predicted octanol–water partition coefficient (Wildman–Crippen LogP) is 1.77. The van der Waals surface area contributed by atoms with Gasteiger partial charge in [-0.25, -0.2) is 13.4 Å². The van der Waals surface area contributed by atoms with Crippen molar-refractivity contribution in [2.75, 3.05) is 5.73 Å². The topological polar surface area (TPSA) is 73.1 Å². The van der Waals surface area contributed by atoms with Crippen LogP contribution >= 0.6 is 0 Å². The van der Waals surface area contributed by atoms with Crippen LogP contribution in [0, 0.1) is 0 Å². The Morgan fingerprint density at radius 1 is 1.19 bits per heavy atom. The van der Waals surface area contributed by atoms with Crippen molar-refractivity contribution in [3.63, 3.8) is 0 Å². The SMILES string of the molecule is Nc1ccc(S(=O)(=O)C2CCCCC2)cn1. The summed E-state index contributed by atoms with van der Waals surface area (Å²) >= 11 is 0. The second-order valence-electron chi connectivity index (χ2n) is 4.22. The first kappa shape index (κ1) is 11.4. The largest absolute Gasteiger partial charge is 0.384 e. The van der Waals surface area contributed by atoms with Gasteiger partial charge < -0.3 is 5.73 Å². The quantitative estimate of drug-likeness (QED) is 0.855. The molecule has 0 unspecified atom stereocenters. The predicted molar refractivity (Wildman–Crippen MR) is 62.7 cm³/mol. The van der Waals surface area contributed by atoms with Crippen LogP contribution in [0.3, 0.4) is 0 Å². The van der Waals surface area contributed by atoms with Crippen LogP contribution in [0.15, 0.2) is 23.2 Å². The maximum absolute atomic E-state index is 12.2. The first-order valence-electron chi connectivity index (χ1n) is 5.56. The van der Waals surface area contributed by atoms with Crippen molar-refractivity contribution in [2.24, 2.45) is 0 Å². The minimum atomic E-state index is -3.20. The number of nitrogens with zero attached hydrogens (tertiary/aromatic N) is 1. The molecule has 1 fully saturated rings. The van der Waals surface area contributed by atoms with Gasteiger partial charge in [0.15, 0.2) is 9.84 Å². The Balaban J connectivity index is 2.27. The maximum atomic E-state index is 12.2. The van der Waals surface area contributed by atoms with Crippen molar-refractivity contribution in [1.82, 2.24) is 4.98 Å². The molecule has 2 N–H and O–H groups in total. The van der Waals surface area contributed by atoms with Gasteiger partial charge >= 0.3 is 0 Å². The Hall–Kier alpha value is -1.10. The van der Waals surface area contributed by atoms with Gasteiger partial charge in [0.05, 0.1) is 10.1 Å². The van der Waals surface area contributed by atoms with Crippen LogP contribution in [-0.4, -0.2) is 18.7 Å². The third kappa shape index (κ3) is 2.19. The van der Waals surface area contributed by atoms with Gasteiger partial charge in [0.2, 0.25) is 0 Å². The number of aromatic nitrogens is 1. The smallest absolute Gasteiger partial charge is 0.182 e. The van der Waals surface area contributed by atoms with E-state index in [1.807, 2.05) is 0 Å². The lowest BCUT2D eigenvalue weighted by Gasteiger charge is -2.21. The standard InChI is InChI=1S/C11H16N2O2S/c12-11-7-6-10(8-13-11)16(14,15)9-4-2-1-3-5-9/h6-9H,1-5H2,(H2,12,13). The van der Waals surface area contributed by atoms with Crippen molar-refractivity contribution >= 4 is 15.7 Å². The minimum Gasteiger partial charge on any atom is -0.384 e. The summed E-state index contributed by atoms with van der Waals surface area (Å²) in [7, 11) is -3.20. The molecule has 16 heavy (non-hydrogen) atoms. The van der Waals surface area contributed by atoms with E-state index in [-0.39, 0.29) is 5.25 Å². The van der Waals surface area contributed by atoms with Crippen LogP contribution < -0.4 is 5.73 Å². The van der Waals surface area contributed by atoms with Gasteiger partial charge in [0.25, 0.3) is 0 Å². The molecular formula is C11H16N2O2S. The summed E-state index contributed by atoms with van der Waals surface area (Å²) in [6.45, 7) is 0. The fourth-order valence-corrected chi connectivity index (χ4v) is 3.92. The van der Waals surface area contributed by atoms with Crippen LogP contribution in [0.2, 0.25) is 0 Å². The molecule has 0 aromatic carbocycles. The van der Waals surface area contributed by atoms with Gasteiger partial charge in [-0.15, -0.1) is 0 Å². The summed E-state index contributed by atoms with van der Waals surface area (Å²) in [6, 6.07) is 3.09. The number of nitrogens with two attached hydrogens (primary N) is 1. The van der Waals surface area contributed by atoms with Gasteiger partial charge in [0, 0.05) is 6.20 Å². The second kappa shape index (κ2) is 4.41. The van der Waals surface area contributed by atoms with Crippen molar-refractivity contribution in [1.29, 1.82) is 0 Å². The molecule has 1 aromatic heterocycles. The summed E-state index contributed by atoms with van der Waals surface area (Å²) in [5.41, 5.74) is 5.44. The lowest BCUT2D eigenvalue weighted by molar-refractivity contribution is 0.483. The maximum Gasteiger partial charge on any atom is 0.182 e. The Kier molecular flexibility index (Phi) is 3.14. The monoisotopic (exact) mass is 240 g/mol. The summed E-state index contributed by atoms with van der Waals surface area (Å²) in [5.74, 6) is 0.350. The van der Waals surface area contributed by atoms with Crippen molar-refractivity contribution in [2.45, 2.75) is 42.2 Å². The average Bonchev–Trinajstić information content (AvgIpc) is 2.31. The molecule has 0 amide bonds. The van der Waals surface area contributed by atoms with Crippen LogP contribution in [0.1, 0.15) is 32.1 Å². The van der Waals surface area contributed by atoms with Crippen molar-refractivity contribution in [3.05, 3.63) is 18.3 Å². The molecule has 0 atom stereocenters. The highest BCUT2D eigenvalue weighted by Crippen LogP contribution is 2.28. The van der Waals surface area contributed by atoms with E-state index in [2.05, 4.69) is 4.98 Å². The van der Waals surface area contributed by atoms with Crippen LogP contribution in [0.4, 0.5) is 5.82 Å². The molecule has 0 saturated heterocycles. The molecule has 0 radical (unpaired) electrons. The van der Waals surface area contributed by atoms with E-state index >= 15 is 0 Å². The van der Waals surface area contributed by atoms with E-state index in [0.29, 0.717) is 10.7 Å². The molecule has 0 spiro atoms. The fourth-order valence-electron chi connectivity index (χ4n) is 2.13. The number of hydrogen-bond donors (Lipinski definition) is 1. The molecule has 1 heterocycles. The Labute approximate surface area is 95.8 Å². The molecule has 5 heteroatoms. The van der Waals surface area contributed by atoms with Crippen molar-refractivity contribution in [3.8, 4) is 0 Å². The highest BCUT2D eigenvalue weighted by Gasteiger charge is 2.28. The van der Waals surface area contributed by atoms with E-state index in [4.69, 9.17) is 5.73 Å². The highest BCUT2D eigenvalue weighted by molar-refractivity contribution is 7.92. The zero-order valence-corrected chi connectivity index (χ0v) is 9.91. The van der Waals surface area contributed by atoms with Gasteiger partial charge in [0.1, 0.15) is 5.82 Å². The Morgan fingerprint density at radius 2 is 1.88 bits per heavy atom.